The summed E-state index contributed by atoms with van der Waals surface area (Å²) in [6, 6.07) is 7.35. The summed E-state index contributed by atoms with van der Waals surface area (Å²) in [5, 5.41) is 3.03. The molecule has 4 nitrogen and oxygen atoms in total. The first kappa shape index (κ1) is 12.3. The Morgan fingerprint density at radius 1 is 1.38 bits per heavy atom. The van der Waals surface area contributed by atoms with Gasteiger partial charge in [0.25, 0.3) is 0 Å². The Bertz CT molecular complexity index is 388. The molecule has 0 spiro atoms. The number of hydrogen-bond donors (Lipinski definition) is 1. The van der Waals surface area contributed by atoms with E-state index in [-0.39, 0.29) is 0 Å². The van der Waals surface area contributed by atoms with Gasteiger partial charge in [-0.05, 0) is 6.07 Å². The average molecular weight is 221 g/mol. The van der Waals surface area contributed by atoms with E-state index in [9.17, 15) is 4.79 Å². The summed E-state index contributed by atoms with van der Waals surface area (Å²) in [6.45, 7) is 4.08. The number of carbonyl (C=O) groups excluding carboxylic acids is 1. The number of anilines is 1. The molecule has 0 bridgehead atoms. The fraction of sp³-hybridized carbons (Fsp3) is 0.250. The summed E-state index contributed by atoms with van der Waals surface area (Å²) in [5.41, 5.74) is 1.83. The smallest absolute Gasteiger partial charge is 0.337 e. The number of ether oxygens (including phenoxy) is 2. The van der Waals surface area contributed by atoms with Gasteiger partial charge in [-0.3, -0.25) is 0 Å². The molecule has 0 aliphatic carbocycles. The van der Waals surface area contributed by atoms with E-state index in [2.05, 4.69) is 16.6 Å². The third kappa shape index (κ3) is 2.84. The zero-order valence-corrected chi connectivity index (χ0v) is 9.45. The Hall–Kier alpha value is -1.81. The van der Waals surface area contributed by atoms with Crippen LogP contribution in [0.1, 0.15) is 5.56 Å². The molecule has 0 heterocycles. The zero-order chi connectivity index (χ0) is 12.0. The molecule has 0 saturated heterocycles. The third-order valence-electron chi connectivity index (χ3n) is 2.09. The maximum Gasteiger partial charge on any atom is 0.337 e. The van der Waals surface area contributed by atoms with Gasteiger partial charge in [0.2, 0.25) is 0 Å². The number of rotatable bonds is 5. The second-order valence-corrected chi connectivity index (χ2v) is 3.13. The summed E-state index contributed by atoms with van der Waals surface area (Å²) in [7, 11) is 2.92. The highest BCUT2D eigenvalue weighted by atomic mass is 16.5. The molecule has 1 aromatic rings. The molecule has 0 unspecified atom stereocenters. The lowest BCUT2D eigenvalue weighted by Crippen LogP contribution is -2.08. The van der Waals surface area contributed by atoms with Crippen LogP contribution in [0.25, 0.3) is 5.57 Å². The molecule has 1 aromatic carbocycles. The van der Waals surface area contributed by atoms with Gasteiger partial charge < -0.3 is 14.8 Å². The van der Waals surface area contributed by atoms with Crippen LogP contribution >= 0.6 is 0 Å². The lowest BCUT2D eigenvalue weighted by molar-refractivity contribution is -0.133. The van der Waals surface area contributed by atoms with Crippen molar-refractivity contribution in [2.45, 2.75) is 0 Å². The van der Waals surface area contributed by atoms with E-state index in [0.29, 0.717) is 17.9 Å². The number of hydrogen-bond acceptors (Lipinski definition) is 4. The minimum Gasteiger partial charge on any atom is -0.465 e. The van der Waals surface area contributed by atoms with Gasteiger partial charge >= 0.3 is 5.97 Å². The second kappa shape index (κ2) is 5.92. The largest absolute Gasteiger partial charge is 0.465 e. The van der Waals surface area contributed by atoms with Gasteiger partial charge in [-0.15, -0.1) is 0 Å². The molecule has 1 N–H and O–H groups in total. The van der Waals surface area contributed by atoms with Crippen molar-refractivity contribution in [1.82, 2.24) is 0 Å². The first-order chi connectivity index (χ1) is 7.70. The van der Waals surface area contributed by atoms with Crippen molar-refractivity contribution in [2.24, 2.45) is 0 Å². The highest BCUT2D eigenvalue weighted by Crippen LogP contribution is 2.23. The number of esters is 1. The van der Waals surface area contributed by atoms with E-state index < -0.39 is 5.97 Å². The quantitative estimate of drug-likeness (QED) is 0.468. The Morgan fingerprint density at radius 3 is 2.69 bits per heavy atom. The maximum absolute atomic E-state index is 11.4. The number of methoxy groups -OCH3 is 2. The minimum absolute atomic E-state index is 0.321. The first-order valence-corrected chi connectivity index (χ1v) is 4.80. The predicted octanol–water partition coefficient (Wildman–Crippen LogP) is 1.89. The molecule has 0 radical (unpaired) electrons. The van der Waals surface area contributed by atoms with Crippen LogP contribution in [-0.4, -0.2) is 26.9 Å². The number of nitrogens with one attached hydrogen (secondary N) is 1. The van der Waals surface area contributed by atoms with Crippen LogP contribution in [0.2, 0.25) is 0 Å². The van der Waals surface area contributed by atoms with E-state index in [0.717, 1.165) is 5.69 Å². The molecule has 0 fully saturated rings. The molecule has 0 atom stereocenters. The van der Waals surface area contributed by atoms with Crippen molar-refractivity contribution in [3.63, 3.8) is 0 Å². The maximum atomic E-state index is 11.4. The Morgan fingerprint density at radius 2 is 2.06 bits per heavy atom. The lowest BCUT2D eigenvalue weighted by Gasteiger charge is -2.11. The average Bonchev–Trinajstić information content (AvgIpc) is 2.34. The van der Waals surface area contributed by atoms with E-state index in [4.69, 9.17) is 4.74 Å². The third-order valence-corrected chi connectivity index (χ3v) is 2.09. The van der Waals surface area contributed by atoms with Gasteiger partial charge in [0.1, 0.15) is 6.73 Å². The molecule has 0 aliphatic rings. The standard InChI is InChI=1S/C12H15NO3/c1-9(12(14)16-3)10-6-4-5-7-11(10)13-8-15-2/h4-7,13H,1,8H2,2-3H3. The number of carbonyl (C=O) groups is 1. The molecule has 16 heavy (non-hydrogen) atoms. The summed E-state index contributed by atoms with van der Waals surface area (Å²) >= 11 is 0. The fourth-order valence-electron chi connectivity index (χ4n) is 1.28. The van der Waals surface area contributed by atoms with Crippen molar-refractivity contribution in [3.8, 4) is 0 Å². The summed E-state index contributed by atoms with van der Waals surface area (Å²) < 4.78 is 9.54. The van der Waals surface area contributed by atoms with Crippen molar-refractivity contribution in [3.05, 3.63) is 36.4 Å². The number of para-hydroxylation sites is 1. The second-order valence-electron chi connectivity index (χ2n) is 3.13. The van der Waals surface area contributed by atoms with Crippen LogP contribution in [0.5, 0.6) is 0 Å². The molecule has 0 amide bonds. The summed E-state index contributed by atoms with van der Waals surface area (Å²) in [6.07, 6.45) is 0. The van der Waals surface area contributed by atoms with Gasteiger partial charge in [-0.25, -0.2) is 4.79 Å². The Labute approximate surface area is 94.9 Å². The fourth-order valence-corrected chi connectivity index (χ4v) is 1.28. The Balaban J connectivity index is 2.94. The number of benzene rings is 1. The van der Waals surface area contributed by atoms with Crippen LogP contribution in [0, 0.1) is 0 Å². The molecule has 0 aromatic heterocycles. The van der Waals surface area contributed by atoms with Crippen LogP contribution < -0.4 is 5.32 Å². The van der Waals surface area contributed by atoms with Gasteiger partial charge in [0, 0.05) is 18.4 Å². The van der Waals surface area contributed by atoms with Crippen LogP contribution in [0.4, 0.5) is 5.69 Å². The normalized spacial score (nSPS) is 9.62. The van der Waals surface area contributed by atoms with E-state index in [1.165, 1.54) is 7.11 Å². The van der Waals surface area contributed by atoms with Gasteiger partial charge in [0.15, 0.2) is 0 Å². The van der Waals surface area contributed by atoms with Gasteiger partial charge in [0.05, 0.1) is 12.7 Å². The van der Waals surface area contributed by atoms with Gasteiger partial charge in [-0.2, -0.15) is 0 Å². The van der Waals surface area contributed by atoms with Crippen molar-refractivity contribution < 1.29 is 14.3 Å². The Kier molecular flexibility index (Phi) is 4.54. The summed E-state index contributed by atoms with van der Waals surface area (Å²) in [4.78, 5) is 11.4. The SMILES string of the molecule is C=C(C(=O)OC)c1ccccc1NCOC. The van der Waals surface area contributed by atoms with Crippen molar-refractivity contribution in [1.29, 1.82) is 0 Å². The molecule has 0 saturated carbocycles. The molecular weight excluding hydrogens is 206 g/mol. The molecular formula is C12H15NO3. The molecule has 1 rings (SSSR count). The zero-order valence-electron chi connectivity index (χ0n) is 9.45. The van der Waals surface area contributed by atoms with E-state index in [1.54, 1.807) is 13.2 Å². The molecule has 86 valence electrons. The first-order valence-electron chi connectivity index (χ1n) is 4.80. The highest BCUT2D eigenvalue weighted by molar-refractivity contribution is 6.17. The van der Waals surface area contributed by atoms with Crippen molar-refractivity contribution in [2.75, 3.05) is 26.3 Å². The predicted molar refractivity (Wildman–Crippen MR) is 63.0 cm³/mol. The van der Waals surface area contributed by atoms with E-state index >= 15 is 0 Å². The summed E-state index contributed by atoms with van der Waals surface area (Å²) in [5.74, 6) is -0.438. The van der Waals surface area contributed by atoms with Crippen LogP contribution in [0.15, 0.2) is 30.8 Å². The highest BCUT2D eigenvalue weighted by Gasteiger charge is 2.12. The van der Waals surface area contributed by atoms with E-state index in [1.807, 2.05) is 18.2 Å². The molecule has 4 heteroatoms. The monoisotopic (exact) mass is 221 g/mol. The minimum atomic E-state index is -0.438. The van der Waals surface area contributed by atoms with Crippen molar-refractivity contribution >= 4 is 17.2 Å². The van der Waals surface area contributed by atoms with Crippen LogP contribution in [0.3, 0.4) is 0 Å². The lowest BCUT2D eigenvalue weighted by atomic mass is 10.1. The van der Waals surface area contributed by atoms with Crippen LogP contribution in [-0.2, 0) is 14.3 Å². The van der Waals surface area contributed by atoms with Gasteiger partial charge in [-0.1, -0.05) is 24.8 Å². The molecule has 0 aliphatic heterocycles. The topological polar surface area (TPSA) is 47.6 Å².